The fourth-order valence-electron chi connectivity index (χ4n) is 3.92. The summed E-state index contributed by atoms with van der Waals surface area (Å²) in [6.45, 7) is 0.752. The van der Waals surface area contributed by atoms with Gasteiger partial charge in [-0.3, -0.25) is 0 Å². The van der Waals surface area contributed by atoms with Gasteiger partial charge in [-0.2, -0.15) is 4.98 Å². The molecule has 5 heteroatoms. The summed E-state index contributed by atoms with van der Waals surface area (Å²) in [4.78, 5) is 9.51. The molecular weight excluding hydrogens is 348 g/mol. The van der Waals surface area contributed by atoms with Crippen LogP contribution in [0.25, 0.3) is 10.9 Å². The Balaban J connectivity index is 1.50. The molecule has 0 atom stereocenters. The molecule has 0 amide bonds. The Kier molecular flexibility index (Phi) is 5.90. The molecule has 0 radical (unpaired) electrons. The number of para-hydroxylation sites is 2. The molecule has 5 nitrogen and oxygen atoms in total. The summed E-state index contributed by atoms with van der Waals surface area (Å²) >= 11 is 0. The molecule has 0 saturated heterocycles. The average Bonchev–Trinajstić information content (AvgIpc) is 2.75. The molecule has 1 saturated carbocycles. The first kappa shape index (κ1) is 18.5. The normalized spacial score (nSPS) is 14.8. The van der Waals surface area contributed by atoms with E-state index in [1.165, 1.54) is 37.7 Å². The van der Waals surface area contributed by atoms with Crippen molar-refractivity contribution in [1.82, 2.24) is 9.97 Å². The van der Waals surface area contributed by atoms with Crippen molar-refractivity contribution in [1.29, 1.82) is 0 Å². The first-order valence-electron chi connectivity index (χ1n) is 10.2. The van der Waals surface area contributed by atoms with E-state index in [0.717, 1.165) is 35.4 Å². The topological polar surface area (TPSA) is 59.1 Å². The summed E-state index contributed by atoms with van der Waals surface area (Å²) in [7, 11) is 1.71. The maximum Gasteiger partial charge on any atom is 0.225 e. The molecule has 2 N–H and O–H groups in total. The minimum absolute atomic E-state index is 0.508. The first-order chi connectivity index (χ1) is 13.8. The highest BCUT2D eigenvalue weighted by atomic mass is 16.5. The van der Waals surface area contributed by atoms with E-state index in [4.69, 9.17) is 14.7 Å². The maximum absolute atomic E-state index is 5.44. The van der Waals surface area contributed by atoms with Gasteiger partial charge < -0.3 is 15.4 Å². The highest BCUT2D eigenvalue weighted by Crippen LogP contribution is 2.26. The van der Waals surface area contributed by atoms with Gasteiger partial charge in [0, 0.05) is 18.0 Å². The van der Waals surface area contributed by atoms with Crippen LogP contribution < -0.4 is 15.4 Å². The predicted octanol–water partition coefficient (Wildman–Crippen LogP) is 5.04. The molecule has 4 rings (SSSR count). The van der Waals surface area contributed by atoms with Crippen molar-refractivity contribution in [2.75, 3.05) is 24.3 Å². The highest BCUT2D eigenvalue weighted by molar-refractivity contribution is 5.90. The molecule has 0 unspecified atom stereocenters. The number of anilines is 2. The van der Waals surface area contributed by atoms with Crippen LogP contribution in [0.15, 0.2) is 48.5 Å². The summed E-state index contributed by atoms with van der Waals surface area (Å²) in [5, 5.41) is 8.16. The third-order valence-electron chi connectivity index (χ3n) is 5.42. The molecule has 1 heterocycles. The number of benzene rings is 2. The van der Waals surface area contributed by atoms with E-state index in [9.17, 15) is 0 Å². The lowest BCUT2D eigenvalue weighted by Gasteiger charge is -2.24. The Hall–Kier alpha value is -2.82. The van der Waals surface area contributed by atoms with Gasteiger partial charge in [-0.05, 0) is 43.0 Å². The van der Waals surface area contributed by atoms with Crippen molar-refractivity contribution in [3.63, 3.8) is 0 Å². The van der Waals surface area contributed by atoms with Gasteiger partial charge in [-0.25, -0.2) is 4.98 Å². The second-order valence-corrected chi connectivity index (χ2v) is 7.38. The number of methoxy groups -OCH3 is 1. The van der Waals surface area contributed by atoms with E-state index >= 15 is 0 Å². The van der Waals surface area contributed by atoms with E-state index < -0.39 is 0 Å². The molecule has 1 aliphatic carbocycles. The number of nitrogens with zero attached hydrogens (tertiary/aromatic N) is 2. The lowest BCUT2D eigenvalue weighted by atomic mass is 9.95. The van der Waals surface area contributed by atoms with Crippen LogP contribution in [0.2, 0.25) is 0 Å². The molecule has 0 bridgehead atoms. The monoisotopic (exact) mass is 376 g/mol. The minimum atomic E-state index is 0.508. The van der Waals surface area contributed by atoms with E-state index in [2.05, 4.69) is 28.8 Å². The maximum atomic E-state index is 5.44. The zero-order chi connectivity index (χ0) is 19.2. The van der Waals surface area contributed by atoms with Crippen LogP contribution in [0.4, 0.5) is 11.8 Å². The molecule has 28 heavy (non-hydrogen) atoms. The standard InChI is InChI=1S/C23H28N4O/c1-28-21-14-8-5-9-17(21)15-16-24-23-26-20-13-7-6-12-19(20)22(27-23)25-18-10-3-2-4-11-18/h5-9,12-14,18H,2-4,10-11,15-16H2,1H3,(H2,24,25,26,27). The van der Waals surface area contributed by atoms with Crippen LogP contribution in [0.3, 0.4) is 0 Å². The van der Waals surface area contributed by atoms with Gasteiger partial charge in [0.05, 0.1) is 12.6 Å². The fourth-order valence-corrected chi connectivity index (χ4v) is 3.92. The van der Waals surface area contributed by atoms with E-state index in [0.29, 0.717) is 12.0 Å². The quantitative estimate of drug-likeness (QED) is 0.605. The molecule has 1 aliphatic rings. The van der Waals surface area contributed by atoms with E-state index in [1.54, 1.807) is 7.11 Å². The number of rotatable bonds is 7. The van der Waals surface area contributed by atoms with Gasteiger partial charge in [0.1, 0.15) is 11.6 Å². The molecule has 1 aromatic heterocycles. The Labute approximate surface area is 166 Å². The van der Waals surface area contributed by atoms with Crippen LogP contribution in [0, 0.1) is 0 Å². The average molecular weight is 377 g/mol. The van der Waals surface area contributed by atoms with Crippen molar-refractivity contribution < 1.29 is 4.74 Å². The third kappa shape index (κ3) is 4.35. The number of ether oxygens (including phenoxy) is 1. The largest absolute Gasteiger partial charge is 0.496 e. The molecule has 2 aromatic carbocycles. The molecular formula is C23H28N4O. The van der Waals surface area contributed by atoms with Crippen LogP contribution in [-0.4, -0.2) is 29.7 Å². The number of fused-ring (bicyclic) bond motifs is 1. The molecule has 146 valence electrons. The van der Waals surface area contributed by atoms with Crippen molar-refractivity contribution in [2.45, 2.75) is 44.6 Å². The first-order valence-corrected chi connectivity index (χ1v) is 10.2. The summed E-state index contributed by atoms with van der Waals surface area (Å²) < 4.78 is 5.44. The van der Waals surface area contributed by atoms with Gasteiger partial charge in [0.15, 0.2) is 0 Å². The van der Waals surface area contributed by atoms with Crippen LogP contribution in [0.5, 0.6) is 5.75 Å². The molecule has 0 aliphatic heterocycles. The summed E-state index contributed by atoms with van der Waals surface area (Å²) in [5.74, 6) is 2.53. The fraction of sp³-hybridized carbons (Fsp3) is 0.391. The van der Waals surface area contributed by atoms with Gasteiger partial charge >= 0.3 is 0 Å². The minimum Gasteiger partial charge on any atom is -0.496 e. The predicted molar refractivity (Wildman–Crippen MR) is 115 cm³/mol. The lowest BCUT2D eigenvalue weighted by molar-refractivity contribution is 0.410. The lowest BCUT2D eigenvalue weighted by Crippen LogP contribution is -2.23. The van der Waals surface area contributed by atoms with Crippen LogP contribution >= 0.6 is 0 Å². The Bertz CT molecular complexity index is 921. The Morgan fingerprint density at radius 1 is 0.964 bits per heavy atom. The highest BCUT2D eigenvalue weighted by Gasteiger charge is 2.16. The van der Waals surface area contributed by atoms with Crippen LogP contribution in [-0.2, 0) is 6.42 Å². The van der Waals surface area contributed by atoms with Gasteiger partial charge in [0.2, 0.25) is 5.95 Å². The van der Waals surface area contributed by atoms with E-state index in [-0.39, 0.29) is 0 Å². The Morgan fingerprint density at radius 2 is 1.75 bits per heavy atom. The molecule has 3 aromatic rings. The van der Waals surface area contributed by atoms with Gasteiger partial charge in [-0.15, -0.1) is 0 Å². The van der Waals surface area contributed by atoms with Crippen LogP contribution in [0.1, 0.15) is 37.7 Å². The smallest absolute Gasteiger partial charge is 0.225 e. The third-order valence-corrected chi connectivity index (χ3v) is 5.42. The number of aromatic nitrogens is 2. The summed E-state index contributed by atoms with van der Waals surface area (Å²) in [6, 6.07) is 16.8. The second-order valence-electron chi connectivity index (χ2n) is 7.38. The van der Waals surface area contributed by atoms with Crippen molar-refractivity contribution in [3.8, 4) is 5.75 Å². The zero-order valence-electron chi connectivity index (χ0n) is 16.4. The van der Waals surface area contributed by atoms with E-state index in [1.807, 2.05) is 30.3 Å². The van der Waals surface area contributed by atoms with Gasteiger partial charge in [-0.1, -0.05) is 49.6 Å². The molecule has 1 fully saturated rings. The zero-order valence-corrected chi connectivity index (χ0v) is 16.4. The number of hydrogen-bond donors (Lipinski definition) is 2. The SMILES string of the molecule is COc1ccccc1CCNc1nc(NC2CCCCC2)c2ccccc2n1. The van der Waals surface area contributed by atoms with Crippen molar-refractivity contribution in [2.24, 2.45) is 0 Å². The molecule has 0 spiro atoms. The summed E-state index contributed by atoms with van der Waals surface area (Å²) in [5.41, 5.74) is 2.15. The second kappa shape index (κ2) is 8.91. The van der Waals surface area contributed by atoms with Crippen molar-refractivity contribution >= 4 is 22.7 Å². The van der Waals surface area contributed by atoms with Gasteiger partial charge in [0.25, 0.3) is 0 Å². The summed E-state index contributed by atoms with van der Waals surface area (Å²) in [6.07, 6.45) is 7.23. The number of hydrogen-bond acceptors (Lipinski definition) is 5. The Morgan fingerprint density at radius 3 is 2.61 bits per heavy atom. The van der Waals surface area contributed by atoms with Crippen molar-refractivity contribution in [3.05, 3.63) is 54.1 Å². The number of nitrogens with one attached hydrogen (secondary N) is 2.